The molecule has 2 rings (SSSR count). The molecular formula is C13H20N4O3S. The number of pyridine rings is 1. The number of hydrogen-bond donors (Lipinski definition) is 1. The summed E-state index contributed by atoms with van der Waals surface area (Å²) in [5, 5.41) is 2.92. The van der Waals surface area contributed by atoms with Crippen molar-refractivity contribution in [1.29, 1.82) is 0 Å². The molecule has 8 heteroatoms. The predicted octanol–water partition coefficient (Wildman–Crippen LogP) is 0.0822. The molecule has 1 aromatic heterocycles. The van der Waals surface area contributed by atoms with Crippen LogP contribution >= 0.6 is 0 Å². The van der Waals surface area contributed by atoms with Gasteiger partial charge in [-0.25, -0.2) is 0 Å². The van der Waals surface area contributed by atoms with Crippen molar-refractivity contribution < 1.29 is 13.2 Å². The van der Waals surface area contributed by atoms with Gasteiger partial charge in [0.05, 0.1) is 5.56 Å². The van der Waals surface area contributed by atoms with Crippen LogP contribution in [0.5, 0.6) is 0 Å². The van der Waals surface area contributed by atoms with Crippen molar-refractivity contribution in [3.05, 3.63) is 30.1 Å². The second kappa shape index (κ2) is 6.50. The lowest BCUT2D eigenvalue weighted by atomic mass is 10.1. The second-order valence-electron chi connectivity index (χ2n) is 5.18. The standard InChI is InChI=1S/C13H20N4O3S/c1-16(2)21(19,20)17-8-5-12(6-9-17)15-13(18)11-4-3-7-14-10-11/h3-4,7,10,12H,5-6,8-9H2,1-2H3,(H,15,18). The van der Waals surface area contributed by atoms with Gasteiger partial charge in [0.2, 0.25) is 0 Å². The minimum absolute atomic E-state index is 0.00804. The van der Waals surface area contributed by atoms with E-state index in [-0.39, 0.29) is 11.9 Å². The van der Waals surface area contributed by atoms with Crippen molar-refractivity contribution in [3.8, 4) is 0 Å². The zero-order valence-electron chi connectivity index (χ0n) is 12.2. The van der Waals surface area contributed by atoms with E-state index in [1.165, 1.54) is 28.9 Å². The molecule has 2 heterocycles. The second-order valence-corrected chi connectivity index (χ2v) is 7.32. The summed E-state index contributed by atoms with van der Waals surface area (Å²) in [6.45, 7) is 0.830. The molecule has 1 aliphatic heterocycles. The Kier molecular flexibility index (Phi) is 4.92. The average Bonchev–Trinajstić information content (AvgIpc) is 2.48. The lowest BCUT2D eigenvalue weighted by molar-refractivity contribution is 0.0923. The van der Waals surface area contributed by atoms with Crippen molar-refractivity contribution in [2.45, 2.75) is 18.9 Å². The quantitative estimate of drug-likeness (QED) is 0.854. The fraction of sp³-hybridized carbons (Fsp3) is 0.538. The maximum Gasteiger partial charge on any atom is 0.281 e. The van der Waals surface area contributed by atoms with Gasteiger partial charge in [-0.2, -0.15) is 17.0 Å². The van der Waals surface area contributed by atoms with Crippen LogP contribution in [-0.4, -0.2) is 61.1 Å². The smallest absolute Gasteiger partial charge is 0.281 e. The number of amides is 1. The van der Waals surface area contributed by atoms with E-state index in [1.807, 2.05) is 0 Å². The van der Waals surface area contributed by atoms with Crippen LogP contribution in [0.3, 0.4) is 0 Å². The molecule has 0 unspecified atom stereocenters. The Balaban J connectivity index is 1.89. The van der Waals surface area contributed by atoms with E-state index < -0.39 is 10.2 Å². The van der Waals surface area contributed by atoms with Gasteiger partial charge in [-0.05, 0) is 25.0 Å². The van der Waals surface area contributed by atoms with E-state index >= 15 is 0 Å². The van der Waals surface area contributed by atoms with Gasteiger partial charge in [-0.15, -0.1) is 0 Å². The summed E-state index contributed by atoms with van der Waals surface area (Å²) in [6, 6.07) is 3.40. The molecule has 7 nitrogen and oxygen atoms in total. The number of nitrogens with zero attached hydrogens (tertiary/aromatic N) is 3. The molecule has 0 radical (unpaired) electrons. The number of aromatic nitrogens is 1. The SMILES string of the molecule is CN(C)S(=O)(=O)N1CCC(NC(=O)c2cccnc2)CC1. The maximum atomic E-state index is 12.0. The minimum atomic E-state index is -3.36. The van der Waals surface area contributed by atoms with Gasteiger partial charge in [0.1, 0.15) is 0 Å². The molecule has 1 saturated heterocycles. The highest BCUT2D eigenvalue weighted by atomic mass is 32.2. The Morgan fingerprint density at radius 3 is 2.57 bits per heavy atom. The van der Waals surface area contributed by atoms with Gasteiger partial charge in [0, 0.05) is 45.6 Å². The van der Waals surface area contributed by atoms with Crippen LogP contribution in [0.2, 0.25) is 0 Å². The van der Waals surface area contributed by atoms with Crippen LogP contribution in [0.25, 0.3) is 0 Å². The van der Waals surface area contributed by atoms with Gasteiger partial charge in [0.25, 0.3) is 16.1 Å². The third-order valence-corrected chi connectivity index (χ3v) is 5.44. The summed E-state index contributed by atoms with van der Waals surface area (Å²) in [5.41, 5.74) is 0.515. The zero-order chi connectivity index (χ0) is 15.5. The molecule has 1 N–H and O–H groups in total. The Labute approximate surface area is 125 Å². The number of carbonyl (C=O) groups excluding carboxylic acids is 1. The molecule has 0 bridgehead atoms. The molecule has 1 fully saturated rings. The summed E-state index contributed by atoms with van der Waals surface area (Å²) in [5.74, 6) is -0.169. The summed E-state index contributed by atoms with van der Waals surface area (Å²) in [6.07, 6.45) is 4.35. The van der Waals surface area contributed by atoms with Gasteiger partial charge in [-0.3, -0.25) is 9.78 Å². The molecule has 0 atom stereocenters. The highest BCUT2D eigenvalue weighted by Gasteiger charge is 2.30. The van der Waals surface area contributed by atoms with E-state index in [9.17, 15) is 13.2 Å². The molecule has 116 valence electrons. The molecule has 0 saturated carbocycles. The highest BCUT2D eigenvalue weighted by molar-refractivity contribution is 7.86. The molecule has 21 heavy (non-hydrogen) atoms. The summed E-state index contributed by atoms with van der Waals surface area (Å²) >= 11 is 0. The van der Waals surface area contributed by atoms with E-state index in [0.29, 0.717) is 31.5 Å². The number of carbonyl (C=O) groups is 1. The lowest BCUT2D eigenvalue weighted by Gasteiger charge is -2.33. The fourth-order valence-corrected chi connectivity index (χ4v) is 3.36. The Bertz CT molecular complexity index is 581. The highest BCUT2D eigenvalue weighted by Crippen LogP contribution is 2.15. The molecule has 0 aromatic carbocycles. The predicted molar refractivity (Wildman–Crippen MR) is 78.9 cm³/mol. The Hall–Kier alpha value is -1.51. The molecule has 1 amide bonds. The topological polar surface area (TPSA) is 82.6 Å². The van der Waals surface area contributed by atoms with Crippen molar-refractivity contribution in [2.75, 3.05) is 27.2 Å². The van der Waals surface area contributed by atoms with E-state index in [1.54, 1.807) is 18.3 Å². The normalized spacial score (nSPS) is 17.9. The third kappa shape index (κ3) is 3.78. The first-order chi connectivity index (χ1) is 9.91. The van der Waals surface area contributed by atoms with Crippen molar-refractivity contribution >= 4 is 16.1 Å². The van der Waals surface area contributed by atoms with Crippen LogP contribution in [0.15, 0.2) is 24.5 Å². The van der Waals surface area contributed by atoms with E-state index in [2.05, 4.69) is 10.3 Å². The lowest BCUT2D eigenvalue weighted by Crippen LogP contribution is -2.49. The van der Waals surface area contributed by atoms with Gasteiger partial charge in [0.15, 0.2) is 0 Å². The number of rotatable bonds is 4. The van der Waals surface area contributed by atoms with E-state index in [4.69, 9.17) is 0 Å². The zero-order valence-corrected chi connectivity index (χ0v) is 13.0. The molecule has 1 aliphatic rings. The Morgan fingerprint density at radius 1 is 1.38 bits per heavy atom. The number of piperidine rings is 1. The molecular weight excluding hydrogens is 292 g/mol. The first-order valence-electron chi connectivity index (χ1n) is 6.80. The van der Waals surface area contributed by atoms with Crippen molar-refractivity contribution in [3.63, 3.8) is 0 Å². The van der Waals surface area contributed by atoms with E-state index in [0.717, 1.165) is 0 Å². The molecule has 0 aliphatic carbocycles. The number of hydrogen-bond acceptors (Lipinski definition) is 4. The van der Waals surface area contributed by atoms with Crippen LogP contribution in [0.1, 0.15) is 23.2 Å². The van der Waals surface area contributed by atoms with Gasteiger partial charge >= 0.3 is 0 Å². The van der Waals surface area contributed by atoms with Gasteiger partial charge in [-0.1, -0.05) is 0 Å². The third-order valence-electron chi connectivity index (χ3n) is 3.50. The number of nitrogens with one attached hydrogen (secondary N) is 1. The molecule has 0 spiro atoms. The minimum Gasteiger partial charge on any atom is -0.349 e. The molecule has 1 aromatic rings. The monoisotopic (exact) mass is 312 g/mol. The van der Waals surface area contributed by atoms with Gasteiger partial charge < -0.3 is 5.32 Å². The van der Waals surface area contributed by atoms with Crippen molar-refractivity contribution in [2.24, 2.45) is 0 Å². The van der Waals surface area contributed by atoms with Crippen LogP contribution in [-0.2, 0) is 10.2 Å². The first kappa shape index (κ1) is 15.9. The maximum absolute atomic E-state index is 12.0. The summed E-state index contributed by atoms with van der Waals surface area (Å²) in [7, 11) is -0.321. The van der Waals surface area contributed by atoms with Crippen LogP contribution < -0.4 is 5.32 Å². The fourth-order valence-electron chi connectivity index (χ4n) is 2.23. The summed E-state index contributed by atoms with van der Waals surface area (Å²) in [4.78, 5) is 15.9. The van der Waals surface area contributed by atoms with Crippen LogP contribution in [0, 0.1) is 0 Å². The first-order valence-corrected chi connectivity index (χ1v) is 8.19. The van der Waals surface area contributed by atoms with Crippen LogP contribution in [0.4, 0.5) is 0 Å². The van der Waals surface area contributed by atoms with Crippen molar-refractivity contribution in [1.82, 2.24) is 18.9 Å². The Morgan fingerprint density at radius 2 is 2.05 bits per heavy atom. The summed E-state index contributed by atoms with van der Waals surface area (Å²) < 4.78 is 26.6. The average molecular weight is 312 g/mol. The largest absolute Gasteiger partial charge is 0.349 e.